The average molecular weight is 475 g/mol. The van der Waals surface area contributed by atoms with Gasteiger partial charge in [0.1, 0.15) is 0 Å². The third kappa shape index (κ3) is 5.93. The Balaban J connectivity index is 1.59. The minimum atomic E-state index is -3.51. The highest BCUT2D eigenvalue weighted by atomic mass is 32.2. The quantitative estimate of drug-likeness (QED) is 0.450. The monoisotopic (exact) mass is 474 g/mol. The number of nitrogens with one attached hydrogen (secondary N) is 1. The Kier molecular flexibility index (Phi) is 7.99. The lowest BCUT2D eigenvalue weighted by Crippen LogP contribution is -2.22. The maximum atomic E-state index is 12.4. The molecule has 170 valence electrons. The molecule has 0 saturated heterocycles. The second kappa shape index (κ2) is 10.7. The smallest absolute Gasteiger partial charge is 0.242 e. The molecular formula is C21H26N6O3S2. The Morgan fingerprint density at radius 3 is 2.41 bits per heavy atom. The van der Waals surface area contributed by atoms with Crippen LogP contribution in [-0.4, -0.2) is 58.7 Å². The van der Waals surface area contributed by atoms with Gasteiger partial charge in [-0.25, -0.2) is 12.7 Å². The number of carbonyl (C=O) groups excluding carboxylic acids is 1. The minimum absolute atomic E-state index is 0.104. The number of aromatic nitrogens is 4. The van der Waals surface area contributed by atoms with Crippen LogP contribution in [0, 0.1) is 0 Å². The Labute approximate surface area is 192 Å². The summed E-state index contributed by atoms with van der Waals surface area (Å²) < 4.78 is 27.0. The lowest BCUT2D eigenvalue weighted by Gasteiger charge is -2.12. The number of rotatable bonds is 10. The van der Waals surface area contributed by atoms with Crippen molar-refractivity contribution in [3.05, 3.63) is 54.1 Å². The highest BCUT2D eigenvalue weighted by molar-refractivity contribution is 7.99. The van der Waals surface area contributed by atoms with Gasteiger partial charge >= 0.3 is 0 Å². The molecule has 0 radical (unpaired) electrons. The molecule has 32 heavy (non-hydrogen) atoms. The highest BCUT2D eigenvalue weighted by Crippen LogP contribution is 2.20. The van der Waals surface area contributed by atoms with Crippen LogP contribution in [0.4, 0.5) is 5.69 Å². The number of anilines is 1. The Bertz CT molecular complexity index is 1140. The van der Waals surface area contributed by atoms with E-state index < -0.39 is 10.0 Å². The van der Waals surface area contributed by atoms with Gasteiger partial charge in [-0.3, -0.25) is 4.79 Å². The lowest BCUT2D eigenvalue weighted by atomic mass is 10.1. The summed E-state index contributed by atoms with van der Waals surface area (Å²) >= 11 is 1.22. The number of aryl methyl sites for hydroxylation is 1. The second-order valence-corrected chi connectivity index (χ2v) is 10.4. The molecule has 0 fully saturated rings. The van der Waals surface area contributed by atoms with Gasteiger partial charge in [-0.2, -0.15) is 4.68 Å². The van der Waals surface area contributed by atoms with E-state index >= 15 is 0 Å². The summed E-state index contributed by atoms with van der Waals surface area (Å²) in [6, 6.07) is 14.1. The van der Waals surface area contributed by atoms with E-state index in [1.165, 1.54) is 43.6 Å². The fraction of sp³-hybridized carbons (Fsp3) is 0.333. The van der Waals surface area contributed by atoms with Crippen LogP contribution in [0.5, 0.6) is 0 Å². The normalized spacial score (nSPS) is 11.6. The summed E-state index contributed by atoms with van der Waals surface area (Å²) in [5, 5.41) is 15.0. The Hall–Kier alpha value is -2.76. The van der Waals surface area contributed by atoms with E-state index in [-0.39, 0.29) is 16.6 Å². The van der Waals surface area contributed by atoms with Gasteiger partial charge in [0.25, 0.3) is 0 Å². The predicted octanol–water partition coefficient (Wildman–Crippen LogP) is 2.99. The molecule has 9 nitrogen and oxygen atoms in total. The number of unbranched alkanes of at least 4 members (excludes halogenated alkanes) is 1. The van der Waals surface area contributed by atoms with Crippen LogP contribution in [0.2, 0.25) is 0 Å². The van der Waals surface area contributed by atoms with E-state index in [1.54, 1.807) is 16.8 Å². The molecule has 1 N–H and O–H groups in total. The van der Waals surface area contributed by atoms with Crippen molar-refractivity contribution >= 4 is 33.4 Å². The summed E-state index contributed by atoms with van der Waals surface area (Å²) in [7, 11) is -0.571. The number of hydrogen-bond acceptors (Lipinski definition) is 7. The molecule has 11 heteroatoms. The van der Waals surface area contributed by atoms with Gasteiger partial charge in [0.05, 0.1) is 16.3 Å². The molecule has 0 bridgehead atoms. The fourth-order valence-electron chi connectivity index (χ4n) is 2.86. The van der Waals surface area contributed by atoms with E-state index in [9.17, 15) is 13.2 Å². The van der Waals surface area contributed by atoms with Crippen LogP contribution in [0.25, 0.3) is 5.69 Å². The van der Waals surface area contributed by atoms with Gasteiger partial charge in [0.2, 0.25) is 21.1 Å². The summed E-state index contributed by atoms with van der Waals surface area (Å²) in [6.07, 6.45) is 3.34. The maximum Gasteiger partial charge on any atom is 0.242 e. The van der Waals surface area contributed by atoms with Crippen LogP contribution >= 0.6 is 11.8 Å². The van der Waals surface area contributed by atoms with Crippen molar-refractivity contribution in [3.8, 4) is 5.69 Å². The van der Waals surface area contributed by atoms with Crippen molar-refractivity contribution in [1.29, 1.82) is 0 Å². The topological polar surface area (TPSA) is 110 Å². The molecule has 0 spiro atoms. The van der Waals surface area contributed by atoms with Crippen LogP contribution in [0.3, 0.4) is 0 Å². The van der Waals surface area contributed by atoms with Gasteiger partial charge in [0, 0.05) is 19.8 Å². The van der Waals surface area contributed by atoms with Crippen LogP contribution in [-0.2, 0) is 21.2 Å². The van der Waals surface area contributed by atoms with Gasteiger partial charge in [0.15, 0.2) is 0 Å². The van der Waals surface area contributed by atoms with Crippen LogP contribution in [0.1, 0.15) is 25.3 Å². The molecule has 1 amide bonds. The molecule has 0 unspecified atom stereocenters. The summed E-state index contributed by atoms with van der Waals surface area (Å²) in [5.41, 5.74) is 2.60. The van der Waals surface area contributed by atoms with Crippen LogP contribution < -0.4 is 5.32 Å². The molecule has 0 atom stereocenters. The highest BCUT2D eigenvalue weighted by Gasteiger charge is 2.17. The van der Waals surface area contributed by atoms with Gasteiger partial charge < -0.3 is 5.32 Å². The Morgan fingerprint density at radius 2 is 1.78 bits per heavy atom. The third-order valence-corrected chi connectivity index (χ3v) is 7.44. The van der Waals surface area contributed by atoms with Crippen molar-refractivity contribution in [2.45, 2.75) is 36.2 Å². The summed E-state index contributed by atoms with van der Waals surface area (Å²) in [6.45, 7) is 2.17. The molecule has 0 saturated carbocycles. The number of thioether (sulfide) groups is 1. The zero-order chi connectivity index (χ0) is 23.1. The van der Waals surface area contributed by atoms with Crippen molar-refractivity contribution < 1.29 is 13.2 Å². The SMILES string of the molecule is CCCCc1ccc(-n2nnnc2SCC(=O)Nc2ccc(S(=O)(=O)N(C)C)cc2)cc1. The average Bonchev–Trinajstić information content (AvgIpc) is 3.25. The zero-order valence-electron chi connectivity index (χ0n) is 18.2. The van der Waals surface area contributed by atoms with E-state index in [0.717, 1.165) is 29.3 Å². The maximum absolute atomic E-state index is 12.4. The van der Waals surface area contributed by atoms with E-state index in [2.05, 4.69) is 39.9 Å². The Morgan fingerprint density at radius 1 is 1.09 bits per heavy atom. The molecule has 1 heterocycles. The van der Waals surface area contributed by atoms with E-state index in [1.807, 2.05) is 12.1 Å². The predicted molar refractivity (Wildman–Crippen MR) is 124 cm³/mol. The zero-order valence-corrected chi connectivity index (χ0v) is 19.9. The van der Waals surface area contributed by atoms with Gasteiger partial charge in [-0.1, -0.05) is 37.2 Å². The summed E-state index contributed by atoms with van der Waals surface area (Å²) in [4.78, 5) is 12.5. The van der Waals surface area contributed by atoms with Crippen molar-refractivity contribution in [2.24, 2.45) is 0 Å². The van der Waals surface area contributed by atoms with E-state index in [4.69, 9.17) is 0 Å². The van der Waals surface area contributed by atoms with Crippen molar-refractivity contribution in [3.63, 3.8) is 0 Å². The molecule has 1 aromatic heterocycles. The van der Waals surface area contributed by atoms with E-state index in [0.29, 0.717) is 10.8 Å². The van der Waals surface area contributed by atoms with Crippen LogP contribution in [0.15, 0.2) is 58.6 Å². The minimum Gasteiger partial charge on any atom is -0.325 e. The lowest BCUT2D eigenvalue weighted by molar-refractivity contribution is -0.113. The molecule has 3 rings (SSSR count). The first kappa shape index (κ1) is 23.9. The molecule has 3 aromatic rings. The first-order valence-electron chi connectivity index (χ1n) is 10.1. The van der Waals surface area contributed by atoms with Gasteiger partial charge in [-0.05, 0) is 65.2 Å². The standard InChI is InChI=1S/C21H26N6O3S2/c1-4-5-6-16-7-11-18(12-8-16)27-21(23-24-25-27)31-15-20(28)22-17-9-13-19(14-10-17)32(29,30)26(2)3/h7-14H,4-6,15H2,1-3H3,(H,22,28). The largest absolute Gasteiger partial charge is 0.325 e. The molecular weight excluding hydrogens is 448 g/mol. The van der Waals surface area contributed by atoms with Crippen molar-refractivity contribution in [2.75, 3.05) is 25.2 Å². The molecule has 0 aliphatic rings. The number of amides is 1. The molecule has 0 aliphatic carbocycles. The fourth-order valence-corrected chi connectivity index (χ4v) is 4.46. The third-order valence-electron chi connectivity index (χ3n) is 4.69. The number of sulfonamides is 1. The molecule has 0 aliphatic heterocycles. The van der Waals surface area contributed by atoms with Gasteiger partial charge in [-0.15, -0.1) is 5.10 Å². The first-order valence-corrected chi connectivity index (χ1v) is 12.6. The number of tetrazole rings is 1. The molecule has 2 aromatic carbocycles. The first-order chi connectivity index (χ1) is 15.3. The number of nitrogens with zero attached hydrogens (tertiary/aromatic N) is 5. The van der Waals surface area contributed by atoms with Crippen molar-refractivity contribution in [1.82, 2.24) is 24.5 Å². The summed E-state index contributed by atoms with van der Waals surface area (Å²) in [5.74, 6) is -0.144. The number of carbonyl (C=O) groups is 1. The second-order valence-electron chi connectivity index (χ2n) is 7.29. The number of benzene rings is 2. The number of hydrogen-bond donors (Lipinski definition) is 1.